The van der Waals surface area contributed by atoms with Crippen LogP contribution in [0, 0.1) is 50.9 Å². The van der Waals surface area contributed by atoms with Crippen molar-refractivity contribution in [3.8, 4) is 0 Å². The monoisotopic (exact) mass is 683 g/mol. The van der Waals surface area contributed by atoms with Crippen LogP contribution in [0.15, 0.2) is 40.9 Å². The number of hydrogen-bond acceptors (Lipinski definition) is 5. The molecule has 50 heavy (non-hydrogen) atoms. The molecule has 4 aliphatic rings. The summed E-state index contributed by atoms with van der Waals surface area (Å²) in [5.74, 6) is -2.86. The first kappa shape index (κ1) is 37.2. The van der Waals surface area contributed by atoms with E-state index in [-0.39, 0.29) is 65.6 Å². The molecule has 9 nitrogen and oxygen atoms in total. The molecule has 10 heteroatoms. The van der Waals surface area contributed by atoms with Gasteiger partial charge >= 0.3 is 35.0 Å². The fourth-order valence-electron chi connectivity index (χ4n) is 7.64. The molecule has 2 saturated heterocycles. The quantitative estimate of drug-likeness (QED) is 0.228. The molecule has 0 N–H and O–H groups in total. The number of carbonyl (C=O) groups excluding carboxylic acids is 2. The van der Waals surface area contributed by atoms with Crippen LogP contribution in [0.25, 0.3) is 40.2 Å². The number of esters is 2. The minimum absolute atomic E-state index is 0. The van der Waals surface area contributed by atoms with Gasteiger partial charge in [-0.2, -0.15) is 24.2 Å². The molecular formula is C40H43MgN4O5-5. The van der Waals surface area contributed by atoms with E-state index in [9.17, 15) is 14.7 Å². The molecule has 0 radical (unpaired) electrons. The molecular weight excluding hydrogens is 641 g/mol. The fourth-order valence-corrected chi connectivity index (χ4v) is 7.64. The maximum Gasteiger partial charge on any atom is 2.00 e. The molecule has 2 aromatic rings. The van der Waals surface area contributed by atoms with E-state index in [0.29, 0.717) is 40.2 Å². The Morgan fingerprint density at radius 2 is 1.78 bits per heavy atom. The van der Waals surface area contributed by atoms with Crippen LogP contribution in [0.2, 0.25) is 0 Å². The van der Waals surface area contributed by atoms with E-state index in [4.69, 9.17) is 30.1 Å². The third-order valence-corrected chi connectivity index (χ3v) is 10.5. The van der Waals surface area contributed by atoms with Gasteiger partial charge in [0.15, 0.2) is 0 Å². The first-order chi connectivity index (χ1) is 23.4. The number of aromatic nitrogens is 2. The number of ether oxygens (including phenoxy) is 2. The van der Waals surface area contributed by atoms with Crippen molar-refractivity contribution in [2.45, 2.75) is 66.8 Å². The zero-order chi connectivity index (χ0) is 35.3. The Morgan fingerprint density at radius 1 is 1.08 bits per heavy atom. The van der Waals surface area contributed by atoms with E-state index < -0.39 is 17.9 Å². The Kier molecular flexibility index (Phi) is 10.9. The Balaban J connectivity index is 0.00000486. The van der Waals surface area contributed by atoms with Gasteiger partial charge in [0.2, 0.25) is 0 Å². The van der Waals surface area contributed by atoms with Gasteiger partial charge in [-0.3, -0.25) is 9.59 Å². The van der Waals surface area contributed by atoms with Crippen LogP contribution in [0.4, 0.5) is 0 Å². The summed E-state index contributed by atoms with van der Waals surface area (Å²) < 4.78 is 10.7. The van der Waals surface area contributed by atoms with Gasteiger partial charge in [-0.15, -0.1) is 33.9 Å². The molecule has 3 aliphatic heterocycles. The van der Waals surface area contributed by atoms with Crippen molar-refractivity contribution >= 4 is 64.6 Å². The maximum absolute atomic E-state index is 14.2. The van der Waals surface area contributed by atoms with Crippen LogP contribution in [0.1, 0.15) is 74.3 Å². The molecule has 6 rings (SSSR count). The number of methoxy groups -OCH3 is 1. The number of hydrogen-bond donors (Lipinski definition) is 0. The average molecular weight is 684 g/mol. The van der Waals surface area contributed by atoms with Crippen molar-refractivity contribution in [1.29, 1.82) is 0 Å². The molecule has 0 saturated carbocycles. The number of rotatable bonds is 8. The Bertz CT molecular complexity index is 1990. The molecule has 8 bridgehead atoms. The van der Waals surface area contributed by atoms with E-state index in [1.165, 1.54) is 7.11 Å². The van der Waals surface area contributed by atoms with E-state index in [0.717, 1.165) is 50.8 Å². The van der Waals surface area contributed by atoms with Gasteiger partial charge in [0.1, 0.15) is 0 Å². The predicted molar refractivity (Wildman–Crippen MR) is 195 cm³/mol. The van der Waals surface area contributed by atoms with Crippen LogP contribution in [0.3, 0.4) is 0 Å². The summed E-state index contributed by atoms with van der Waals surface area (Å²) in [4.78, 5) is 36.4. The Morgan fingerprint density at radius 3 is 2.44 bits per heavy atom. The molecule has 0 amide bonds. The average Bonchev–Trinajstić information content (AvgIpc) is 3.80. The predicted octanol–water partition coefficient (Wildman–Crippen LogP) is 4.45. The second-order valence-electron chi connectivity index (χ2n) is 13.4. The first-order valence-electron chi connectivity index (χ1n) is 16.9. The summed E-state index contributed by atoms with van der Waals surface area (Å²) in [6.45, 7) is 20.1. The van der Waals surface area contributed by atoms with Crippen molar-refractivity contribution in [2.24, 2.45) is 23.7 Å². The molecule has 5 heterocycles. The van der Waals surface area contributed by atoms with Crippen molar-refractivity contribution in [3.05, 3.63) is 109 Å². The molecule has 260 valence electrons. The molecule has 0 aromatic carbocycles. The van der Waals surface area contributed by atoms with E-state index in [1.807, 2.05) is 39.8 Å². The number of nitrogens with zero attached hydrogens (tertiary/aromatic N) is 4. The van der Waals surface area contributed by atoms with Gasteiger partial charge in [0.05, 0.1) is 13.0 Å². The standard InChI is InChI=1S/C40H44N4O5.Mg/c1-10-24-20(5)27-16-29-22(7)26(12-13-33(45)49-15-14-19(3)4)37(43-29)35-36(40(47)48-9)39(46)34-23(8)30(44-38(34)35)18-32-25(11-2)21(6)28(42-32)17-31(24)41-27;/h11,14,16-18,21-22,26,36-37,46H,1,3,10,12-13,15H2,2,4-9H3;/q-6;+2/p-1/b25-11+,28-17-,29-16-,32-18-;/t21-,22+,26+,36-,37-;/m1./s1. The smallest absolute Gasteiger partial charge is 0.874 e. The summed E-state index contributed by atoms with van der Waals surface area (Å²) in [5, 5.41) is 25.3. The first-order valence-corrected chi connectivity index (χ1v) is 16.9. The van der Waals surface area contributed by atoms with E-state index in [1.54, 1.807) is 6.42 Å². The van der Waals surface area contributed by atoms with Crippen LogP contribution in [-0.2, 0) is 25.5 Å². The molecule has 0 unspecified atom stereocenters. The normalized spacial score (nSPS) is 27.2. The van der Waals surface area contributed by atoms with Crippen LogP contribution >= 0.6 is 0 Å². The number of allylic oxidation sites excluding steroid dienone is 4. The minimum atomic E-state index is -1.18. The van der Waals surface area contributed by atoms with Gasteiger partial charge in [-0.25, -0.2) is 12.2 Å². The molecule has 5 atom stereocenters. The second kappa shape index (κ2) is 14.7. The third-order valence-electron chi connectivity index (χ3n) is 10.5. The van der Waals surface area contributed by atoms with Crippen LogP contribution < -0.4 is 25.6 Å². The van der Waals surface area contributed by atoms with Crippen molar-refractivity contribution in [3.63, 3.8) is 0 Å². The Labute approximate surface area is 310 Å². The zero-order valence-electron chi connectivity index (χ0n) is 30.1. The van der Waals surface area contributed by atoms with Gasteiger partial charge in [-0.05, 0) is 50.2 Å². The van der Waals surface area contributed by atoms with Crippen molar-refractivity contribution in [2.75, 3.05) is 13.7 Å². The maximum atomic E-state index is 14.2. The molecule has 2 fully saturated rings. The summed E-state index contributed by atoms with van der Waals surface area (Å²) in [7, 11) is 1.29. The second-order valence-corrected chi connectivity index (χ2v) is 13.4. The molecule has 2 aromatic heterocycles. The van der Waals surface area contributed by atoms with Gasteiger partial charge in [-0.1, -0.05) is 79.0 Å². The van der Waals surface area contributed by atoms with Gasteiger partial charge in [0, 0.05) is 13.0 Å². The molecule has 1 aliphatic carbocycles. The van der Waals surface area contributed by atoms with Gasteiger partial charge < -0.3 is 42.1 Å². The fraction of sp³-hybridized carbons (Fsp3) is 0.400. The zero-order valence-corrected chi connectivity index (χ0v) is 31.5. The Hall–Kier alpha value is -4.02. The van der Waals surface area contributed by atoms with Crippen molar-refractivity contribution < 1.29 is 24.2 Å². The molecule has 0 spiro atoms. The SMILES string of the molecule is C=C(C)[CH-]COC(=O)CC[C@H]1[C@H](C)/C2=C/c3[n-]c(c(C[CH2-])c3C)/C=C3\[N-]C(=C\c4[n-]c5c(c4C)=C([O-])[C@H](C(=O)OC)C=5[C@@H]1[N-]2)/C(=C/C)[C@H]3C.[Mg+2]. The van der Waals surface area contributed by atoms with Crippen LogP contribution in [0.5, 0.6) is 0 Å². The summed E-state index contributed by atoms with van der Waals surface area (Å²) in [6, 6.07) is -0.608. The van der Waals surface area contributed by atoms with E-state index >= 15 is 0 Å². The summed E-state index contributed by atoms with van der Waals surface area (Å²) in [5.41, 5.74) is 9.80. The summed E-state index contributed by atoms with van der Waals surface area (Å²) >= 11 is 0. The topological polar surface area (TPSA) is 132 Å². The minimum Gasteiger partial charge on any atom is -0.874 e. The summed E-state index contributed by atoms with van der Waals surface area (Å²) in [6.07, 6.45) is 10.9. The van der Waals surface area contributed by atoms with Crippen molar-refractivity contribution in [1.82, 2.24) is 9.97 Å². The van der Waals surface area contributed by atoms with Crippen LogP contribution in [-0.4, -0.2) is 54.7 Å². The number of carbonyl (C=O) groups is 2. The third kappa shape index (κ3) is 6.36. The van der Waals surface area contributed by atoms with E-state index in [2.05, 4.69) is 39.5 Å². The number of fused-ring (bicyclic) bond motifs is 8. The largest absolute Gasteiger partial charge is 2.00 e. The van der Waals surface area contributed by atoms with Gasteiger partial charge in [0.25, 0.3) is 0 Å².